The van der Waals surface area contributed by atoms with Gasteiger partial charge in [0.15, 0.2) is 0 Å². The van der Waals surface area contributed by atoms with Crippen LogP contribution in [-0.4, -0.2) is 37.6 Å². The Balaban J connectivity index is 3.13. The highest BCUT2D eigenvalue weighted by Gasteiger charge is 2.17. The Morgan fingerprint density at radius 2 is 1.43 bits per heavy atom. The lowest BCUT2D eigenvalue weighted by Crippen LogP contribution is -2.25. The van der Waals surface area contributed by atoms with Crippen LogP contribution in [-0.2, 0) is 9.47 Å². The molecule has 0 atom stereocenters. The summed E-state index contributed by atoms with van der Waals surface area (Å²) in [6.07, 6.45) is 1.47. The van der Waals surface area contributed by atoms with Crippen LogP contribution in [0.3, 0.4) is 0 Å². The number of carbonyl (C=O) groups excluding carboxylic acids is 3. The molecule has 0 heterocycles. The van der Waals surface area contributed by atoms with Crippen molar-refractivity contribution < 1.29 is 23.9 Å². The van der Waals surface area contributed by atoms with E-state index in [1.165, 1.54) is 18.2 Å². The topological polar surface area (TPSA) is 81.7 Å². The van der Waals surface area contributed by atoms with Crippen molar-refractivity contribution >= 4 is 17.8 Å². The summed E-state index contributed by atoms with van der Waals surface area (Å²) >= 11 is 0. The molecule has 0 bridgehead atoms. The zero-order valence-electron chi connectivity index (χ0n) is 13.8. The quantitative estimate of drug-likeness (QED) is 0.744. The van der Waals surface area contributed by atoms with Gasteiger partial charge in [-0.2, -0.15) is 0 Å². The highest BCUT2D eigenvalue weighted by molar-refractivity contribution is 6.02. The molecular formula is C17H23NO5. The van der Waals surface area contributed by atoms with Crippen molar-refractivity contribution in [2.24, 2.45) is 0 Å². The van der Waals surface area contributed by atoms with Crippen LogP contribution in [0.1, 0.15) is 64.7 Å². The van der Waals surface area contributed by atoms with Crippen molar-refractivity contribution in [3.8, 4) is 0 Å². The standard InChI is InChI=1S/C17H23NO5/c1-4-7-18-15(19)12-9-13(16(20)22-6-3)11-14(10-12)17(21)23-8-5-2/h9-11H,4-8H2,1-3H3,(H,18,19). The number of hydrogen-bond acceptors (Lipinski definition) is 5. The second kappa shape index (κ2) is 9.61. The molecule has 6 nitrogen and oxygen atoms in total. The third-order valence-electron chi connectivity index (χ3n) is 2.91. The molecule has 126 valence electrons. The Hall–Kier alpha value is -2.37. The van der Waals surface area contributed by atoms with Gasteiger partial charge in [0, 0.05) is 12.1 Å². The average molecular weight is 321 g/mol. The molecule has 0 unspecified atom stereocenters. The van der Waals surface area contributed by atoms with E-state index < -0.39 is 11.9 Å². The van der Waals surface area contributed by atoms with Crippen LogP contribution in [0.5, 0.6) is 0 Å². The molecule has 1 rings (SSSR count). The summed E-state index contributed by atoms with van der Waals surface area (Å²) in [5.74, 6) is -1.49. The van der Waals surface area contributed by atoms with E-state index >= 15 is 0 Å². The summed E-state index contributed by atoms with van der Waals surface area (Å²) in [5, 5.41) is 2.71. The lowest BCUT2D eigenvalue weighted by atomic mass is 10.0. The van der Waals surface area contributed by atoms with Gasteiger partial charge in [-0.05, 0) is 38.0 Å². The van der Waals surface area contributed by atoms with E-state index in [9.17, 15) is 14.4 Å². The van der Waals surface area contributed by atoms with Gasteiger partial charge in [-0.3, -0.25) is 4.79 Å². The zero-order chi connectivity index (χ0) is 17.2. The van der Waals surface area contributed by atoms with Crippen LogP contribution in [0.4, 0.5) is 0 Å². The normalized spacial score (nSPS) is 10.0. The third-order valence-corrected chi connectivity index (χ3v) is 2.91. The van der Waals surface area contributed by atoms with Gasteiger partial charge in [0.25, 0.3) is 5.91 Å². The predicted octanol–water partition coefficient (Wildman–Crippen LogP) is 2.57. The lowest BCUT2D eigenvalue weighted by Gasteiger charge is -2.10. The summed E-state index contributed by atoms with van der Waals surface area (Å²) in [6, 6.07) is 4.22. The molecule has 0 aromatic heterocycles. The van der Waals surface area contributed by atoms with Crippen LogP contribution >= 0.6 is 0 Å². The van der Waals surface area contributed by atoms with Crippen LogP contribution < -0.4 is 5.32 Å². The van der Waals surface area contributed by atoms with E-state index in [4.69, 9.17) is 9.47 Å². The van der Waals surface area contributed by atoms with Gasteiger partial charge in [-0.1, -0.05) is 13.8 Å². The number of ether oxygens (including phenoxy) is 2. The molecule has 0 radical (unpaired) electrons. The molecule has 1 aromatic carbocycles. The Kier molecular flexibility index (Phi) is 7.80. The summed E-state index contributed by atoms with van der Waals surface area (Å²) in [7, 11) is 0. The van der Waals surface area contributed by atoms with Gasteiger partial charge in [0.1, 0.15) is 0 Å². The molecular weight excluding hydrogens is 298 g/mol. The molecule has 1 N–H and O–H groups in total. The van der Waals surface area contributed by atoms with E-state index in [0.717, 1.165) is 6.42 Å². The lowest BCUT2D eigenvalue weighted by molar-refractivity contribution is 0.0505. The number of rotatable bonds is 8. The molecule has 0 aliphatic rings. The van der Waals surface area contributed by atoms with E-state index in [0.29, 0.717) is 13.0 Å². The number of benzene rings is 1. The van der Waals surface area contributed by atoms with Gasteiger partial charge in [-0.15, -0.1) is 0 Å². The summed E-state index contributed by atoms with van der Waals surface area (Å²) < 4.78 is 10.0. The molecule has 6 heteroatoms. The Morgan fingerprint density at radius 1 is 0.870 bits per heavy atom. The largest absolute Gasteiger partial charge is 0.462 e. The first kappa shape index (κ1) is 18.7. The van der Waals surface area contributed by atoms with Gasteiger partial charge >= 0.3 is 11.9 Å². The van der Waals surface area contributed by atoms with Crippen molar-refractivity contribution in [2.75, 3.05) is 19.8 Å². The molecule has 23 heavy (non-hydrogen) atoms. The Bertz CT molecular complexity index is 530. The average Bonchev–Trinajstić information content (AvgIpc) is 2.57. The van der Waals surface area contributed by atoms with Crippen molar-refractivity contribution in [1.29, 1.82) is 0 Å². The number of esters is 2. The van der Waals surface area contributed by atoms with Crippen LogP contribution in [0.2, 0.25) is 0 Å². The fourth-order valence-corrected chi connectivity index (χ4v) is 1.83. The van der Waals surface area contributed by atoms with Gasteiger partial charge in [0.05, 0.1) is 24.3 Å². The fourth-order valence-electron chi connectivity index (χ4n) is 1.83. The molecule has 0 saturated carbocycles. The minimum absolute atomic E-state index is 0.152. The fraction of sp³-hybridized carbons (Fsp3) is 0.471. The van der Waals surface area contributed by atoms with Gasteiger partial charge < -0.3 is 14.8 Å². The van der Waals surface area contributed by atoms with Crippen molar-refractivity contribution in [3.05, 3.63) is 34.9 Å². The van der Waals surface area contributed by atoms with Crippen LogP contribution in [0.15, 0.2) is 18.2 Å². The monoisotopic (exact) mass is 321 g/mol. The molecule has 1 aromatic rings. The molecule has 0 aliphatic carbocycles. The second-order valence-corrected chi connectivity index (χ2v) is 4.91. The van der Waals surface area contributed by atoms with Crippen LogP contribution in [0.25, 0.3) is 0 Å². The van der Waals surface area contributed by atoms with E-state index in [1.807, 2.05) is 13.8 Å². The first-order chi connectivity index (χ1) is 11.0. The van der Waals surface area contributed by atoms with Gasteiger partial charge in [0.2, 0.25) is 0 Å². The molecule has 1 amide bonds. The van der Waals surface area contributed by atoms with Crippen molar-refractivity contribution in [3.63, 3.8) is 0 Å². The summed E-state index contributed by atoms with van der Waals surface area (Å²) in [4.78, 5) is 36.0. The second-order valence-electron chi connectivity index (χ2n) is 4.91. The highest BCUT2D eigenvalue weighted by atomic mass is 16.5. The smallest absolute Gasteiger partial charge is 0.338 e. The molecule has 0 saturated heterocycles. The van der Waals surface area contributed by atoms with Crippen LogP contribution in [0, 0.1) is 0 Å². The first-order valence-corrected chi connectivity index (χ1v) is 7.80. The van der Waals surface area contributed by atoms with E-state index in [2.05, 4.69) is 5.32 Å². The number of nitrogens with one attached hydrogen (secondary N) is 1. The Morgan fingerprint density at radius 3 is 1.96 bits per heavy atom. The van der Waals surface area contributed by atoms with E-state index in [-0.39, 0.29) is 35.8 Å². The number of amides is 1. The maximum Gasteiger partial charge on any atom is 0.338 e. The molecule has 0 aliphatic heterocycles. The van der Waals surface area contributed by atoms with Crippen molar-refractivity contribution in [1.82, 2.24) is 5.32 Å². The maximum atomic E-state index is 12.1. The number of carbonyl (C=O) groups is 3. The summed E-state index contributed by atoms with van der Waals surface area (Å²) in [6.45, 7) is 6.50. The Labute approximate surface area is 136 Å². The predicted molar refractivity (Wildman–Crippen MR) is 85.6 cm³/mol. The van der Waals surface area contributed by atoms with Crippen molar-refractivity contribution in [2.45, 2.75) is 33.6 Å². The maximum absolute atomic E-state index is 12.1. The third kappa shape index (κ3) is 5.73. The SMILES string of the molecule is CCCNC(=O)c1cc(C(=O)OCC)cc(C(=O)OCCC)c1. The van der Waals surface area contributed by atoms with E-state index in [1.54, 1.807) is 6.92 Å². The molecule has 0 spiro atoms. The highest BCUT2D eigenvalue weighted by Crippen LogP contribution is 2.14. The number of hydrogen-bond donors (Lipinski definition) is 1. The molecule has 0 fully saturated rings. The first-order valence-electron chi connectivity index (χ1n) is 7.80. The summed E-state index contributed by atoms with van der Waals surface area (Å²) in [5.41, 5.74) is 0.539. The zero-order valence-corrected chi connectivity index (χ0v) is 13.8. The minimum atomic E-state index is -0.581. The minimum Gasteiger partial charge on any atom is -0.462 e. The van der Waals surface area contributed by atoms with Gasteiger partial charge in [-0.25, -0.2) is 9.59 Å².